The Morgan fingerprint density at radius 1 is 1.69 bits per heavy atom. The van der Waals surface area contributed by atoms with E-state index in [0.29, 0.717) is 12.6 Å². The van der Waals surface area contributed by atoms with Gasteiger partial charge in [0.2, 0.25) is 5.91 Å². The summed E-state index contributed by atoms with van der Waals surface area (Å²) < 4.78 is 0. The molecule has 0 saturated carbocycles. The van der Waals surface area contributed by atoms with Crippen LogP contribution in [0.4, 0.5) is 0 Å². The number of carbonyl (C=O) groups excluding carboxylic acids is 1. The predicted molar refractivity (Wildman–Crippen MR) is 52.3 cm³/mol. The lowest BCUT2D eigenvalue weighted by Gasteiger charge is -2.23. The Hall–Kier alpha value is -0.610. The van der Waals surface area contributed by atoms with Crippen molar-refractivity contribution < 1.29 is 4.79 Å². The predicted octanol–water partition coefficient (Wildman–Crippen LogP) is -0.454. The molecule has 0 aromatic carbocycles. The molecule has 1 amide bonds. The lowest BCUT2D eigenvalue weighted by molar-refractivity contribution is -0.119. The summed E-state index contributed by atoms with van der Waals surface area (Å²) in [5.41, 5.74) is 5.50. The van der Waals surface area contributed by atoms with Gasteiger partial charge in [0.05, 0.1) is 0 Å². The molecule has 1 aliphatic heterocycles. The van der Waals surface area contributed by atoms with Crippen molar-refractivity contribution in [1.29, 1.82) is 0 Å². The number of hydrogen-bond donors (Lipinski definition) is 2. The van der Waals surface area contributed by atoms with E-state index in [-0.39, 0.29) is 5.91 Å². The molecule has 1 aliphatic rings. The molecule has 3 N–H and O–H groups in total. The van der Waals surface area contributed by atoms with Gasteiger partial charge in [-0.3, -0.25) is 9.69 Å². The molecule has 0 spiro atoms. The summed E-state index contributed by atoms with van der Waals surface area (Å²) in [4.78, 5) is 13.1. The van der Waals surface area contributed by atoms with Gasteiger partial charge in [0.1, 0.15) is 0 Å². The van der Waals surface area contributed by atoms with Gasteiger partial charge in [-0.15, -0.1) is 0 Å². The lowest BCUT2D eigenvalue weighted by Crippen LogP contribution is -2.41. The minimum absolute atomic E-state index is 0.0552. The second kappa shape index (κ2) is 5.19. The van der Waals surface area contributed by atoms with E-state index in [2.05, 4.69) is 10.2 Å². The largest absolute Gasteiger partial charge is 0.355 e. The Morgan fingerprint density at radius 2 is 2.46 bits per heavy atom. The first-order valence-electron chi connectivity index (χ1n) is 4.92. The maximum atomic E-state index is 10.7. The highest BCUT2D eigenvalue weighted by Crippen LogP contribution is 2.15. The van der Waals surface area contributed by atoms with Crippen LogP contribution < -0.4 is 11.1 Å². The number of hydrogen-bond acceptors (Lipinski definition) is 3. The van der Waals surface area contributed by atoms with Gasteiger partial charge in [-0.05, 0) is 19.4 Å². The normalized spacial score (nSPS) is 23.4. The zero-order valence-electron chi connectivity index (χ0n) is 8.25. The summed E-state index contributed by atoms with van der Waals surface area (Å²) in [6, 6.07) is 0.507. The third-order valence-electron chi connectivity index (χ3n) is 2.50. The van der Waals surface area contributed by atoms with Crippen LogP contribution in [0.15, 0.2) is 0 Å². The maximum absolute atomic E-state index is 10.7. The van der Waals surface area contributed by atoms with Gasteiger partial charge in [0.15, 0.2) is 0 Å². The molecule has 0 bridgehead atoms. The van der Waals surface area contributed by atoms with Crippen molar-refractivity contribution in [2.75, 3.05) is 26.2 Å². The van der Waals surface area contributed by atoms with Crippen LogP contribution in [0.2, 0.25) is 0 Å². The molecule has 1 rings (SSSR count). The third-order valence-corrected chi connectivity index (χ3v) is 2.50. The molecular formula is C9H19N3O. The second-order valence-corrected chi connectivity index (χ2v) is 3.56. The minimum atomic E-state index is 0.0552. The summed E-state index contributed by atoms with van der Waals surface area (Å²) in [7, 11) is 0. The Morgan fingerprint density at radius 3 is 3.08 bits per heavy atom. The lowest BCUT2D eigenvalue weighted by atomic mass is 10.2. The molecule has 0 aromatic heterocycles. The molecule has 0 aliphatic carbocycles. The third kappa shape index (κ3) is 3.32. The highest BCUT2D eigenvalue weighted by molar-refractivity contribution is 5.72. The van der Waals surface area contributed by atoms with E-state index in [1.54, 1.807) is 6.92 Å². The van der Waals surface area contributed by atoms with Crippen molar-refractivity contribution in [2.45, 2.75) is 25.8 Å². The quantitative estimate of drug-likeness (QED) is 0.623. The smallest absolute Gasteiger partial charge is 0.216 e. The number of carbonyl (C=O) groups is 1. The van der Waals surface area contributed by atoms with E-state index in [9.17, 15) is 4.79 Å². The van der Waals surface area contributed by atoms with Crippen LogP contribution >= 0.6 is 0 Å². The fourth-order valence-corrected chi connectivity index (χ4v) is 1.85. The fourth-order valence-electron chi connectivity index (χ4n) is 1.85. The molecule has 0 radical (unpaired) electrons. The van der Waals surface area contributed by atoms with Crippen LogP contribution in [-0.4, -0.2) is 43.0 Å². The summed E-state index contributed by atoms with van der Waals surface area (Å²) in [6.45, 7) is 5.11. The SMILES string of the molecule is CC(=O)NC[C@@H]1CCCN1CCN. The van der Waals surface area contributed by atoms with Gasteiger partial charge in [-0.25, -0.2) is 0 Å². The average molecular weight is 185 g/mol. The zero-order chi connectivity index (χ0) is 9.68. The summed E-state index contributed by atoms with van der Waals surface area (Å²) in [5, 5.41) is 2.85. The number of nitrogens with two attached hydrogens (primary N) is 1. The number of nitrogens with zero attached hydrogens (tertiary/aromatic N) is 1. The first-order chi connectivity index (χ1) is 6.24. The van der Waals surface area contributed by atoms with E-state index < -0.39 is 0 Å². The van der Waals surface area contributed by atoms with Gasteiger partial charge < -0.3 is 11.1 Å². The number of likely N-dealkylation sites (tertiary alicyclic amines) is 1. The Kier molecular flexibility index (Phi) is 4.18. The molecule has 1 fully saturated rings. The van der Waals surface area contributed by atoms with Gasteiger partial charge >= 0.3 is 0 Å². The molecule has 1 saturated heterocycles. The number of nitrogens with one attached hydrogen (secondary N) is 1. The molecule has 76 valence electrons. The topological polar surface area (TPSA) is 58.4 Å². The van der Waals surface area contributed by atoms with Crippen LogP contribution in [0.1, 0.15) is 19.8 Å². The van der Waals surface area contributed by atoms with Crippen molar-refractivity contribution in [1.82, 2.24) is 10.2 Å². The van der Waals surface area contributed by atoms with Gasteiger partial charge in [0, 0.05) is 32.6 Å². The van der Waals surface area contributed by atoms with Crippen molar-refractivity contribution in [2.24, 2.45) is 5.73 Å². The fraction of sp³-hybridized carbons (Fsp3) is 0.889. The molecule has 1 heterocycles. The average Bonchev–Trinajstić information content (AvgIpc) is 2.49. The second-order valence-electron chi connectivity index (χ2n) is 3.56. The van der Waals surface area contributed by atoms with Crippen molar-refractivity contribution in [3.05, 3.63) is 0 Å². The maximum Gasteiger partial charge on any atom is 0.216 e. The minimum Gasteiger partial charge on any atom is -0.355 e. The van der Waals surface area contributed by atoms with Crippen molar-refractivity contribution in [3.63, 3.8) is 0 Å². The molecule has 13 heavy (non-hydrogen) atoms. The number of amides is 1. The van der Waals surface area contributed by atoms with Crippen LogP contribution in [0.3, 0.4) is 0 Å². The standard InChI is InChI=1S/C9H19N3O/c1-8(13)11-7-9-3-2-5-12(9)6-4-10/h9H,2-7,10H2,1H3,(H,11,13)/t9-/m0/s1. The summed E-state index contributed by atoms with van der Waals surface area (Å²) in [6.07, 6.45) is 2.41. The first kappa shape index (κ1) is 10.5. The van der Waals surface area contributed by atoms with Gasteiger partial charge in [0.25, 0.3) is 0 Å². The Balaban J connectivity index is 2.26. The van der Waals surface area contributed by atoms with Crippen LogP contribution in [0, 0.1) is 0 Å². The molecular weight excluding hydrogens is 166 g/mol. The van der Waals surface area contributed by atoms with Crippen molar-refractivity contribution in [3.8, 4) is 0 Å². The van der Waals surface area contributed by atoms with E-state index >= 15 is 0 Å². The van der Waals surface area contributed by atoms with E-state index in [1.807, 2.05) is 0 Å². The van der Waals surface area contributed by atoms with Gasteiger partial charge in [-0.2, -0.15) is 0 Å². The van der Waals surface area contributed by atoms with E-state index in [1.165, 1.54) is 12.8 Å². The van der Waals surface area contributed by atoms with Crippen LogP contribution in [0.5, 0.6) is 0 Å². The monoisotopic (exact) mass is 185 g/mol. The van der Waals surface area contributed by atoms with Crippen LogP contribution in [-0.2, 0) is 4.79 Å². The molecule has 4 nitrogen and oxygen atoms in total. The Labute approximate surface area is 79.5 Å². The first-order valence-corrected chi connectivity index (χ1v) is 4.92. The highest BCUT2D eigenvalue weighted by atomic mass is 16.1. The van der Waals surface area contributed by atoms with Gasteiger partial charge in [-0.1, -0.05) is 0 Å². The summed E-state index contributed by atoms with van der Waals surface area (Å²) >= 11 is 0. The van der Waals surface area contributed by atoms with Crippen molar-refractivity contribution >= 4 is 5.91 Å². The molecule has 4 heteroatoms. The highest BCUT2D eigenvalue weighted by Gasteiger charge is 2.23. The van der Waals surface area contributed by atoms with E-state index in [0.717, 1.165) is 19.6 Å². The zero-order valence-corrected chi connectivity index (χ0v) is 8.25. The van der Waals surface area contributed by atoms with E-state index in [4.69, 9.17) is 5.73 Å². The molecule has 1 atom stereocenters. The Bertz CT molecular complexity index is 172. The summed E-state index contributed by atoms with van der Waals surface area (Å²) in [5.74, 6) is 0.0552. The molecule has 0 unspecified atom stereocenters. The number of rotatable bonds is 4. The molecule has 0 aromatic rings. The van der Waals surface area contributed by atoms with Crippen LogP contribution in [0.25, 0.3) is 0 Å².